The second kappa shape index (κ2) is 6.38. The highest BCUT2D eigenvalue weighted by atomic mass is 16.5. The predicted molar refractivity (Wildman–Crippen MR) is 48.7 cm³/mol. The van der Waals surface area contributed by atoms with Gasteiger partial charge in [-0.05, 0) is 19.4 Å². The first-order chi connectivity index (χ1) is 5.24. The van der Waals surface area contributed by atoms with E-state index < -0.39 is 0 Å². The molecule has 2 unspecified atom stereocenters. The number of methoxy groups -OCH3 is 1. The van der Waals surface area contributed by atoms with Crippen molar-refractivity contribution in [2.75, 3.05) is 20.8 Å². The average molecular weight is 157 g/mol. The molecular weight excluding hydrogens is 138 g/mol. The van der Waals surface area contributed by atoms with Gasteiger partial charge in [-0.15, -0.1) is 6.58 Å². The summed E-state index contributed by atoms with van der Waals surface area (Å²) in [5, 5.41) is 3.17. The van der Waals surface area contributed by atoms with Crippen molar-refractivity contribution in [1.82, 2.24) is 5.32 Å². The maximum absolute atomic E-state index is 5.03. The molecule has 0 aliphatic rings. The second-order valence-electron chi connectivity index (χ2n) is 2.93. The molecule has 0 aromatic rings. The van der Waals surface area contributed by atoms with Crippen LogP contribution >= 0.6 is 0 Å². The van der Waals surface area contributed by atoms with Gasteiger partial charge in [0, 0.05) is 19.8 Å². The van der Waals surface area contributed by atoms with Gasteiger partial charge in [-0.3, -0.25) is 0 Å². The smallest absolute Gasteiger partial charge is 0.0488 e. The van der Waals surface area contributed by atoms with Crippen molar-refractivity contribution in [3.8, 4) is 0 Å². The van der Waals surface area contributed by atoms with Crippen LogP contribution in [0.15, 0.2) is 12.7 Å². The van der Waals surface area contributed by atoms with Crippen LogP contribution in [0.4, 0.5) is 0 Å². The summed E-state index contributed by atoms with van der Waals surface area (Å²) in [6.07, 6.45) is 3.03. The van der Waals surface area contributed by atoms with E-state index in [1.165, 1.54) is 0 Å². The Kier molecular flexibility index (Phi) is 6.18. The summed E-state index contributed by atoms with van der Waals surface area (Å²) in [5.41, 5.74) is 0. The molecule has 2 heteroatoms. The fourth-order valence-corrected chi connectivity index (χ4v) is 1.12. The molecule has 0 radical (unpaired) electrons. The quantitative estimate of drug-likeness (QED) is 0.589. The Labute approximate surface area is 69.6 Å². The van der Waals surface area contributed by atoms with E-state index >= 15 is 0 Å². The lowest BCUT2D eigenvalue weighted by atomic mass is 10.0. The zero-order valence-corrected chi connectivity index (χ0v) is 7.76. The first-order valence-electron chi connectivity index (χ1n) is 4.03. The van der Waals surface area contributed by atoms with Crippen molar-refractivity contribution in [2.45, 2.75) is 19.4 Å². The van der Waals surface area contributed by atoms with Crippen molar-refractivity contribution in [1.29, 1.82) is 0 Å². The summed E-state index contributed by atoms with van der Waals surface area (Å²) < 4.78 is 5.03. The van der Waals surface area contributed by atoms with E-state index in [-0.39, 0.29) is 0 Å². The Hall–Kier alpha value is -0.340. The molecule has 0 fully saturated rings. The number of rotatable bonds is 6. The van der Waals surface area contributed by atoms with Crippen LogP contribution in [-0.2, 0) is 4.74 Å². The third kappa shape index (κ3) is 4.99. The Balaban J connectivity index is 3.53. The van der Waals surface area contributed by atoms with Gasteiger partial charge in [-0.25, -0.2) is 0 Å². The minimum absolute atomic E-state index is 0.417. The Morgan fingerprint density at radius 2 is 2.27 bits per heavy atom. The fourth-order valence-electron chi connectivity index (χ4n) is 1.12. The molecule has 1 N–H and O–H groups in total. The molecule has 0 aliphatic carbocycles. The largest absolute Gasteiger partial charge is 0.384 e. The molecule has 0 saturated heterocycles. The third-order valence-corrected chi connectivity index (χ3v) is 1.76. The first kappa shape index (κ1) is 10.7. The van der Waals surface area contributed by atoms with Gasteiger partial charge >= 0.3 is 0 Å². The summed E-state index contributed by atoms with van der Waals surface area (Å²) >= 11 is 0. The normalized spacial score (nSPS) is 15.9. The maximum Gasteiger partial charge on any atom is 0.0488 e. The molecule has 0 aromatic heterocycles. The molecule has 0 saturated carbocycles. The van der Waals surface area contributed by atoms with Crippen molar-refractivity contribution in [3.63, 3.8) is 0 Å². The Bertz CT molecular complexity index is 104. The lowest BCUT2D eigenvalue weighted by Gasteiger charge is -2.16. The van der Waals surface area contributed by atoms with E-state index in [4.69, 9.17) is 4.74 Å². The molecule has 66 valence electrons. The molecule has 0 aliphatic heterocycles. The number of ether oxygens (including phenoxy) is 1. The summed E-state index contributed by atoms with van der Waals surface area (Å²) in [5.74, 6) is 0.593. The topological polar surface area (TPSA) is 21.3 Å². The minimum Gasteiger partial charge on any atom is -0.384 e. The number of nitrogens with one attached hydrogen (secondary N) is 1. The van der Waals surface area contributed by atoms with Crippen LogP contribution in [0.5, 0.6) is 0 Å². The van der Waals surface area contributed by atoms with E-state index in [9.17, 15) is 0 Å². The van der Waals surface area contributed by atoms with Gasteiger partial charge in [-0.1, -0.05) is 13.0 Å². The Morgan fingerprint density at radius 1 is 1.64 bits per heavy atom. The monoisotopic (exact) mass is 157 g/mol. The number of likely N-dealkylation sites (N-methyl/N-ethyl adjacent to an activating group) is 1. The summed E-state index contributed by atoms with van der Waals surface area (Å²) in [7, 11) is 3.69. The summed E-state index contributed by atoms with van der Waals surface area (Å²) in [4.78, 5) is 0. The molecule has 0 bridgehead atoms. The van der Waals surface area contributed by atoms with E-state index in [1.54, 1.807) is 7.11 Å². The summed E-state index contributed by atoms with van der Waals surface area (Å²) in [6.45, 7) is 6.75. The van der Waals surface area contributed by atoms with Gasteiger partial charge in [0.2, 0.25) is 0 Å². The maximum atomic E-state index is 5.03. The van der Waals surface area contributed by atoms with Crippen molar-refractivity contribution in [3.05, 3.63) is 12.7 Å². The van der Waals surface area contributed by atoms with Crippen LogP contribution in [0.25, 0.3) is 0 Å². The molecular formula is C9H19NO. The summed E-state index contributed by atoms with van der Waals surface area (Å²) in [6, 6.07) is 0.417. The molecule has 0 aromatic carbocycles. The van der Waals surface area contributed by atoms with Crippen LogP contribution < -0.4 is 5.32 Å². The fraction of sp³-hybridized carbons (Fsp3) is 0.778. The zero-order chi connectivity index (χ0) is 8.69. The van der Waals surface area contributed by atoms with Gasteiger partial charge in [0.1, 0.15) is 0 Å². The first-order valence-corrected chi connectivity index (χ1v) is 4.03. The average Bonchev–Trinajstić information content (AvgIpc) is 2.01. The lowest BCUT2D eigenvalue weighted by Crippen LogP contribution is -2.25. The van der Waals surface area contributed by atoms with Gasteiger partial charge < -0.3 is 10.1 Å². The van der Waals surface area contributed by atoms with E-state index in [2.05, 4.69) is 18.8 Å². The standard InChI is InChI=1S/C9H19NO/c1-5-9(10-3)6-8(2)7-11-4/h5,8-10H,1,6-7H2,2-4H3. The lowest BCUT2D eigenvalue weighted by molar-refractivity contribution is 0.152. The highest BCUT2D eigenvalue weighted by molar-refractivity contribution is 4.85. The Morgan fingerprint density at radius 3 is 2.64 bits per heavy atom. The van der Waals surface area contributed by atoms with Gasteiger partial charge in [0.05, 0.1) is 0 Å². The van der Waals surface area contributed by atoms with E-state index in [0.29, 0.717) is 12.0 Å². The molecule has 2 nitrogen and oxygen atoms in total. The van der Waals surface area contributed by atoms with Crippen LogP contribution in [0.2, 0.25) is 0 Å². The predicted octanol–water partition coefficient (Wildman–Crippen LogP) is 1.43. The zero-order valence-electron chi connectivity index (χ0n) is 7.76. The number of hydrogen-bond donors (Lipinski definition) is 1. The van der Waals surface area contributed by atoms with Crippen molar-refractivity contribution in [2.24, 2.45) is 5.92 Å². The van der Waals surface area contributed by atoms with Crippen LogP contribution in [0.1, 0.15) is 13.3 Å². The van der Waals surface area contributed by atoms with Crippen molar-refractivity contribution < 1.29 is 4.74 Å². The van der Waals surface area contributed by atoms with Crippen LogP contribution in [0, 0.1) is 5.92 Å². The van der Waals surface area contributed by atoms with E-state index in [1.807, 2.05) is 13.1 Å². The minimum atomic E-state index is 0.417. The van der Waals surface area contributed by atoms with E-state index in [0.717, 1.165) is 13.0 Å². The molecule has 0 heterocycles. The highest BCUT2D eigenvalue weighted by Gasteiger charge is 2.06. The third-order valence-electron chi connectivity index (χ3n) is 1.76. The molecule has 0 spiro atoms. The van der Waals surface area contributed by atoms with Crippen molar-refractivity contribution >= 4 is 0 Å². The van der Waals surface area contributed by atoms with Gasteiger partial charge in [0.25, 0.3) is 0 Å². The molecule has 2 atom stereocenters. The SMILES string of the molecule is C=CC(CC(C)COC)NC. The number of hydrogen-bond acceptors (Lipinski definition) is 2. The molecule has 0 rings (SSSR count). The molecule has 11 heavy (non-hydrogen) atoms. The van der Waals surface area contributed by atoms with Gasteiger partial charge in [-0.2, -0.15) is 0 Å². The van der Waals surface area contributed by atoms with Crippen LogP contribution in [-0.4, -0.2) is 26.8 Å². The second-order valence-corrected chi connectivity index (χ2v) is 2.93. The van der Waals surface area contributed by atoms with Gasteiger partial charge in [0.15, 0.2) is 0 Å². The molecule has 0 amide bonds. The highest BCUT2D eigenvalue weighted by Crippen LogP contribution is 2.06. The van der Waals surface area contributed by atoms with Crippen LogP contribution in [0.3, 0.4) is 0 Å².